The van der Waals surface area contributed by atoms with Crippen LogP contribution in [0.5, 0.6) is 11.5 Å². The third-order valence-corrected chi connectivity index (χ3v) is 9.68. The maximum atomic E-state index is 12.9. The number of ether oxygens (including phenoxy) is 2. The zero-order valence-electron chi connectivity index (χ0n) is 26.5. The van der Waals surface area contributed by atoms with E-state index in [-0.39, 0.29) is 6.10 Å². The Balaban J connectivity index is 1.65. The van der Waals surface area contributed by atoms with Gasteiger partial charge in [0.05, 0.1) is 28.9 Å². The fraction of sp³-hybridized carbons (Fsp3) is 0.417. The Hall–Kier alpha value is -3.62. The van der Waals surface area contributed by atoms with Crippen LogP contribution in [0.4, 0.5) is 11.4 Å². The Morgan fingerprint density at radius 1 is 1.11 bits per heavy atom. The Bertz CT molecular complexity index is 1430. The monoisotopic (exact) mass is 614 g/mol. The number of carbonyl (C=O) groups is 1. The molecule has 3 aromatic rings. The first kappa shape index (κ1) is 31.8. The van der Waals surface area contributed by atoms with Gasteiger partial charge in [0.2, 0.25) is 0 Å². The van der Waals surface area contributed by atoms with Gasteiger partial charge in [-0.15, -0.1) is 11.8 Å². The molecule has 3 aromatic carbocycles. The number of likely N-dealkylation sites (tertiary alicyclic amines) is 1. The summed E-state index contributed by atoms with van der Waals surface area (Å²) in [5.41, 5.74) is 12.1. The summed E-state index contributed by atoms with van der Waals surface area (Å²) in [5.74, 6) is 2.48. The average Bonchev–Trinajstić information content (AvgIpc) is 3.01. The van der Waals surface area contributed by atoms with Crippen LogP contribution in [0.25, 0.3) is 5.70 Å². The molecule has 1 saturated heterocycles. The number of hydrogen-bond donors (Lipinski definition) is 2. The zero-order chi connectivity index (χ0) is 31.1. The molecule has 44 heavy (non-hydrogen) atoms. The summed E-state index contributed by atoms with van der Waals surface area (Å²) in [6.07, 6.45) is 5.83. The molecule has 1 aliphatic carbocycles. The molecule has 8 heteroatoms. The van der Waals surface area contributed by atoms with E-state index in [1.54, 1.807) is 18.9 Å². The maximum absolute atomic E-state index is 12.9. The molecule has 1 aliphatic heterocycles. The van der Waals surface area contributed by atoms with Crippen LogP contribution in [0.2, 0.25) is 0 Å². The summed E-state index contributed by atoms with van der Waals surface area (Å²) in [6.45, 7) is 4.75. The predicted molar refractivity (Wildman–Crippen MR) is 184 cm³/mol. The highest BCUT2D eigenvalue weighted by molar-refractivity contribution is 8.03. The van der Waals surface area contributed by atoms with E-state index in [2.05, 4.69) is 60.4 Å². The first-order chi connectivity index (χ1) is 21.4. The molecule has 2 fully saturated rings. The molecule has 7 nitrogen and oxygen atoms in total. The Morgan fingerprint density at radius 2 is 1.82 bits per heavy atom. The number of aldehydes is 1. The van der Waals surface area contributed by atoms with Gasteiger partial charge in [0, 0.05) is 37.9 Å². The molecule has 0 spiro atoms. The standard InChI is InChI=1S/C36H46N4O3S/c1-5-44-35(37)33(38-28-10-7-6-8-11-28)27-22-31(36(25-41)18-9-19-36)34(32(23-27)43-30-16-20-39(2)21-17-30)40(3)24-26-12-14-29(42-4)15-13-26/h6-8,10-15,22-23,25,30,38H,5,9,16-21,24,37H2,1-4H3/b35-33+. The van der Waals surface area contributed by atoms with E-state index >= 15 is 0 Å². The summed E-state index contributed by atoms with van der Waals surface area (Å²) in [5, 5.41) is 4.32. The highest BCUT2D eigenvalue weighted by Gasteiger charge is 2.42. The van der Waals surface area contributed by atoms with Crippen LogP contribution in [0.15, 0.2) is 71.8 Å². The average molecular weight is 615 g/mol. The number of nitrogens with two attached hydrogens (primary N) is 1. The summed E-state index contributed by atoms with van der Waals surface area (Å²) < 4.78 is 12.3. The molecule has 0 aromatic heterocycles. The van der Waals surface area contributed by atoms with Gasteiger partial charge in [0.25, 0.3) is 0 Å². The lowest BCUT2D eigenvalue weighted by Crippen LogP contribution is -2.39. The van der Waals surface area contributed by atoms with Crippen LogP contribution in [-0.4, -0.2) is 57.3 Å². The van der Waals surface area contributed by atoms with E-state index in [4.69, 9.17) is 15.2 Å². The zero-order valence-corrected chi connectivity index (χ0v) is 27.3. The second-order valence-corrected chi connectivity index (χ2v) is 13.3. The van der Waals surface area contributed by atoms with Crippen LogP contribution in [0, 0.1) is 0 Å². The molecular weight excluding hydrogens is 568 g/mol. The number of anilines is 2. The number of para-hydroxylation sites is 1. The van der Waals surface area contributed by atoms with Crippen molar-refractivity contribution in [2.24, 2.45) is 5.73 Å². The first-order valence-electron chi connectivity index (χ1n) is 15.6. The normalized spacial score (nSPS) is 17.3. The van der Waals surface area contributed by atoms with E-state index in [0.717, 1.165) is 102 Å². The number of nitrogens with zero attached hydrogens (tertiary/aromatic N) is 2. The van der Waals surface area contributed by atoms with Gasteiger partial charge in [-0.1, -0.05) is 43.7 Å². The predicted octanol–water partition coefficient (Wildman–Crippen LogP) is 6.88. The number of carbonyl (C=O) groups excluding carboxylic acids is 1. The lowest BCUT2D eigenvalue weighted by atomic mass is 9.64. The molecule has 5 rings (SSSR count). The molecule has 3 N–H and O–H groups in total. The van der Waals surface area contributed by atoms with Gasteiger partial charge in [-0.05, 0) is 86.0 Å². The quantitative estimate of drug-likeness (QED) is 0.202. The van der Waals surface area contributed by atoms with E-state index in [1.807, 2.05) is 42.5 Å². The summed E-state index contributed by atoms with van der Waals surface area (Å²) in [7, 11) is 5.94. The first-order valence-corrected chi connectivity index (χ1v) is 16.6. The highest BCUT2D eigenvalue weighted by Crippen LogP contribution is 2.50. The number of rotatable bonds is 13. The molecule has 0 unspecified atom stereocenters. The second kappa shape index (κ2) is 14.4. The van der Waals surface area contributed by atoms with Gasteiger partial charge in [-0.25, -0.2) is 0 Å². The van der Waals surface area contributed by atoms with Crippen molar-refractivity contribution in [3.05, 3.63) is 88.4 Å². The molecule has 234 valence electrons. The van der Waals surface area contributed by atoms with Gasteiger partial charge in [-0.2, -0.15) is 0 Å². The molecular formula is C36H46N4O3S. The fourth-order valence-corrected chi connectivity index (χ4v) is 6.78. The van der Waals surface area contributed by atoms with Crippen molar-refractivity contribution in [1.82, 2.24) is 4.90 Å². The number of thioether (sulfide) groups is 1. The van der Waals surface area contributed by atoms with E-state index in [0.29, 0.717) is 11.6 Å². The van der Waals surface area contributed by atoms with Crippen molar-refractivity contribution in [2.45, 2.75) is 57.1 Å². The smallest absolute Gasteiger partial charge is 0.144 e. The van der Waals surface area contributed by atoms with Crippen LogP contribution < -0.4 is 25.4 Å². The van der Waals surface area contributed by atoms with Crippen molar-refractivity contribution < 1.29 is 14.3 Å². The summed E-state index contributed by atoms with van der Waals surface area (Å²) in [4.78, 5) is 17.5. The van der Waals surface area contributed by atoms with Crippen molar-refractivity contribution in [1.29, 1.82) is 0 Å². The molecule has 1 heterocycles. The lowest BCUT2D eigenvalue weighted by Gasteiger charge is -2.41. The van der Waals surface area contributed by atoms with E-state index in [1.165, 1.54) is 0 Å². The summed E-state index contributed by atoms with van der Waals surface area (Å²) in [6, 6.07) is 22.6. The minimum Gasteiger partial charge on any atom is -0.497 e. The van der Waals surface area contributed by atoms with Gasteiger partial charge >= 0.3 is 0 Å². The SMILES string of the molecule is CCS/C(N)=C(/Nc1ccccc1)c1cc(OC2CCN(C)CC2)c(N(C)Cc2ccc(OC)cc2)c(C2(C=O)CCC2)c1. The Labute approximate surface area is 266 Å². The number of nitrogens with one attached hydrogen (secondary N) is 1. The van der Waals surface area contributed by atoms with Crippen molar-refractivity contribution in [2.75, 3.05) is 50.3 Å². The Kier molecular flexibility index (Phi) is 10.4. The number of benzene rings is 3. The van der Waals surface area contributed by atoms with Crippen LogP contribution >= 0.6 is 11.8 Å². The van der Waals surface area contributed by atoms with Crippen LogP contribution in [0.3, 0.4) is 0 Å². The molecule has 0 radical (unpaired) electrons. The Morgan fingerprint density at radius 3 is 2.41 bits per heavy atom. The number of piperidine rings is 1. The minimum atomic E-state index is -0.561. The van der Waals surface area contributed by atoms with Gasteiger partial charge in [-0.3, -0.25) is 0 Å². The minimum absolute atomic E-state index is 0.0906. The molecule has 0 bridgehead atoms. The van der Waals surface area contributed by atoms with Gasteiger partial charge in [0.1, 0.15) is 23.9 Å². The van der Waals surface area contributed by atoms with Crippen LogP contribution in [-0.2, 0) is 16.8 Å². The van der Waals surface area contributed by atoms with E-state index in [9.17, 15) is 4.79 Å². The van der Waals surface area contributed by atoms with E-state index < -0.39 is 5.41 Å². The van der Waals surface area contributed by atoms with Crippen molar-refractivity contribution in [3.63, 3.8) is 0 Å². The second-order valence-electron chi connectivity index (χ2n) is 12.0. The van der Waals surface area contributed by atoms with Crippen LogP contribution in [0.1, 0.15) is 55.7 Å². The maximum Gasteiger partial charge on any atom is 0.144 e. The van der Waals surface area contributed by atoms with Gasteiger partial charge < -0.3 is 35.1 Å². The third kappa shape index (κ3) is 7.19. The number of hydrogen-bond acceptors (Lipinski definition) is 8. The highest BCUT2D eigenvalue weighted by atomic mass is 32.2. The molecule has 1 saturated carbocycles. The largest absolute Gasteiger partial charge is 0.497 e. The summed E-state index contributed by atoms with van der Waals surface area (Å²) >= 11 is 1.61. The fourth-order valence-electron chi connectivity index (χ4n) is 6.16. The van der Waals surface area contributed by atoms with Gasteiger partial charge in [0.15, 0.2) is 0 Å². The molecule has 2 aliphatic rings. The third-order valence-electron chi connectivity index (χ3n) is 8.88. The van der Waals surface area contributed by atoms with Crippen molar-refractivity contribution in [3.8, 4) is 11.5 Å². The van der Waals surface area contributed by atoms with Crippen molar-refractivity contribution >= 4 is 35.1 Å². The number of methoxy groups -OCH3 is 1. The molecule has 0 atom stereocenters. The topological polar surface area (TPSA) is 80.1 Å². The molecule has 0 amide bonds. The lowest BCUT2D eigenvalue weighted by molar-refractivity contribution is -0.115.